The van der Waals surface area contributed by atoms with Gasteiger partial charge in [0.15, 0.2) is 6.61 Å². The molecule has 0 unspecified atom stereocenters. The molecule has 7 heteroatoms. The van der Waals surface area contributed by atoms with Crippen molar-refractivity contribution in [3.63, 3.8) is 0 Å². The van der Waals surface area contributed by atoms with E-state index in [1.54, 1.807) is 0 Å². The molecule has 0 bridgehead atoms. The van der Waals surface area contributed by atoms with Gasteiger partial charge in [-0.25, -0.2) is 9.97 Å². The Morgan fingerprint density at radius 3 is 2.65 bits per heavy atom. The van der Waals surface area contributed by atoms with Crippen LogP contribution in [0.5, 0.6) is 5.75 Å². The van der Waals surface area contributed by atoms with E-state index >= 15 is 0 Å². The highest BCUT2D eigenvalue weighted by molar-refractivity contribution is 5.77. The van der Waals surface area contributed by atoms with Crippen molar-refractivity contribution < 1.29 is 9.53 Å². The quantitative estimate of drug-likeness (QED) is 0.608. The Balaban J connectivity index is 1.38. The first-order valence-electron chi connectivity index (χ1n) is 8.36. The molecule has 134 valence electrons. The highest BCUT2D eigenvalue weighted by atomic mass is 16.5. The summed E-state index contributed by atoms with van der Waals surface area (Å²) in [6.07, 6.45) is 5.34. The minimum absolute atomic E-state index is 0.00561. The van der Waals surface area contributed by atoms with Crippen molar-refractivity contribution >= 4 is 11.7 Å². The molecule has 3 aromatic rings. The molecule has 26 heavy (non-hydrogen) atoms. The largest absolute Gasteiger partial charge is 0.484 e. The van der Waals surface area contributed by atoms with E-state index in [4.69, 9.17) is 4.74 Å². The molecule has 7 nitrogen and oxygen atoms in total. The third-order valence-corrected chi connectivity index (χ3v) is 3.67. The van der Waals surface area contributed by atoms with Crippen molar-refractivity contribution in [1.29, 1.82) is 0 Å². The number of anilines is 1. The zero-order valence-corrected chi connectivity index (χ0v) is 14.6. The number of carbonyl (C=O) groups is 1. The van der Waals surface area contributed by atoms with Crippen LogP contribution in [0.25, 0.3) is 5.82 Å². The third-order valence-electron chi connectivity index (χ3n) is 3.67. The smallest absolute Gasteiger partial charge is 0.258 e. The SMILES string of the molecule is Cc1ccc(OCC(=O)NCCNc2cc(-n3cccc3)ncn2)cc1. The van der Waals surface area contributed by atoms with Gasteiger partial charge in [-0.15, -0.1) is 0 Å². The van der Waals surface area contributed by atoms with Crippen LogP contribution in [0.2, 0.25) is 0 Å². The van der Waals surface area contributed by atoms with Gasteiger partial charge in [-0.2, -0.15) is 0 Å². The molecule has 3 rings (SSSR count). The summed E-state index contributed by atoms with van der Waals surface area (Å²) in [6, 6.07) is 13.3. The second-order valence-corrected chi connectivity index (χ2v) is 5.73. The van der Waals surface area contributed by atoms with Gasteiger partial charge in [-0.1, -0.05) is 17.7 Å². The Labute approximate surface area is 152 Å². The highest BCUT2D eigenvalue weighted by Gasteiger charge is 2.03. The van der Waals surface area contributed by atoms with Crippen LogP contribution in [0.3, 0.4) is 0 Å². The Kier molecular flexibility index (Phi) is 5.82. The van der Waals surface area contributed by atoms with Crippen LogP contribution < -0.4 is 15.4 Å². The van der Waals surface area contributed by atoms with Gasteiger partial charge in [0.2, 0.25) is 0 Å². The number of aromatic nitrogens is 3. The molecular formula is C19H21N5O2. The van der Waals surface area contributed by atoms with Crippen molar-refractivity contribution in [1.82, 2.24) is 19.9 Å². The zero-order chi connectivity index (χ0) is 18.2. The molecular weight excluding hydrogens is 330 g/mol. The van der Waals surface area contributed by atoms with Crippen LogP contribution >= 0.6 is 0 Å². The van der Waals surface area contributed by atoms with E-state index in [1.807, 2.05) is 66.3 Å². The number of rotatable bonds is 8. The number of nitrogens with zero attached hydrogens (tertiary/aromatic N) is 3. The highest BCUT2D eigenvalue weighted by Crippen LogP contribution is 2.11. The summed E-state index contributed by atoms with van der Waals surface area (Å²) < 4.78 is 7.34. The first-order chi connectivity index (χ1) is 12.7. The van der Waals surface area contributed by atoms with Gasteiger partial charge in [0, 0.05) is 31.5 Å². The Bertz CT molecular complexity index is 831. The van der Waals surface area contributed by atoms with E-state index in [0.717, 1.165) is 11.4 Å². The van der Waals surface area contributed by atoms with E-state index in [-0.39, 0.29) is 12.5 Å². The van der Waals surface area contributed by atoms with E-state index in [1.165, 1.54) is 6.33 Å². The minimum atomic E-state index is -0.164. The first kappa shape index (κ1) is 17.5. The van der Waals surface area contributed by atoms with Crippen LogP contribution in [0.1, 0.15) is 5.56 Å². The normalized spacial score (nSPS) is 10.3. The average Bonchev–Trinajstić information content (AvgIpc) is 3.20. The number of ether oxygens (including phenoxy) is 1. The maximum Gasteiger partial charge on any atom is 0.258 e. The maximum atomic E-state index is 11.8. The number of hydrogen-bond acceptors (Lipinski definition) is 5. The van der Waals surface area contributed by atoms with E-state index in [0.29, 0.717) is 24.7 Å². The lowest BCUT2D eigenvalue weighted by molar-refractivity contribution is -0.123. The number of hydrogen-bond donors (Lipinski definition) is 2. The third kappa shape index (κ3) is 5.07. The van der Waals surface area contributed by atoms with Gasteiger partial charge in [0.25, 0.3) is 5.91 Å². The summed E-state index contributed by atoms with van der Waals surface area (Å²) in [4.78, 5) is 20.2. The molecule has 2 N–H and O–H groups in total. The monoisotopic (exact) mass is 351 g/mol. The number of carbonyl (C=O) groups excluding carboxylic acids is 1. The molecule has 0 fully saturated rings. The Hall–Kier alpha value is -3.35. The van der Waals surface area contributed by atoms with Gasteiger partial charge in [0.1, 0.15) is 23.7 Å². The van der Waals surface area contributed by atoms with Gasteiger partial charge < -0.3 is 19.9 Å². The van der Waals surface area contributed by atoms with Gasteiger partial charge in [-0.05, 0) is 31.2 Å². The molecule has 2 aromatic heterocycles. The molecule has 1 aromatic carbocycles. The Morgan fingerprint density at radius 1 is 1.12 bits per heavy atom. The van der Waals surface area contributed by atoms with Crippen molar-refractivity contribution in [3.8, 4) is 11.6 Å². The van der Waals surface area contributed by atoms with Gasteiger partial charge >= 0.3 is 0 Å². The van der Waals surface area contributed by atoms with Crippen molar-refractivity contribution in [2.75, 3.05) is 25.0 Å². The molecule has 0 saturated heterocycles. The Morgan fingerprint density at radius 2 is 1.88 bits per heavy atom. The van der Waals surface area contributed by atoms with E-state index in [9.17, 15) is 4.79 Å². The fourth-order valence-corrected chi connectivity index (χ4v) is 2.30. The zero-order valence-electron chi connectivity index (χ0n) is 14.6. The molecule has 0 aliphatic carbocycles. The summed E-state index contributed by atoms with van der Waals surface area (Å²) >= 11 is 0. The molecule has 2 heterocycles. The number of nitrogens with one attached hydrogen (secondary N) is 2. The summed E-state index contributed by atoms with van der Waals surface area (Å²) in [7, 11) is 0. The molecule has 0 radical (unpaired) electrons. The predicted molar refractivity (Wildman–Crippen MR) is 99.5 cm³/mol. The van der Waals surface area contributed by atoms with Gasteiger partial charge in [-0.3, -0.25) is 4.79 Å². The number of amides is 1. The maximum absolute atomic E-state index is 11.8. The second-order valence-electron chi connectivity index (χ2n) is 5.73. The molecule has 0 saturated carbocycles. The predicted octanol–water partition coefficient (Wildman–Crippen LogP) is 2.18. The number of aryl methyl sites for hydroxylation is 1. The molecule has 0 aliphatic heterocycles. The first-order valence-corrected chi connectivity index (χ1v) is 8.36. The van der Waals surface area contributed by atoms with Crippen LogP contribution in [-0.4, -0.2) is 40.1 Å². The standard InChI is InChI=1S/C19H21N5O2/c1-15-4-6-16(7-5-15)26-13-19(25)21-9-8-20-17-12-18(23-14-22-17)24-10-2-3-11-24/h2-7,10-12,14H,8-9,13H2,1H3,(H,21,25)(H,20,22,23). The summed E-state index contributed by atoms with van der Waals surface area (Å²) in [5.74, 6) is 2.00. The average molecular weight is 351 g/mol. The second kappa shape index (κ2) is 8.66. The van der Waals surface area contributed by atoms with E-state index in [2.05, 4.69) is 20.6 Å². The van der Waals surface area contributed by atoms with Crippen molar-refractivity contribution in [2.45, 2.75) is 6.92 Å². The van der Waals surface area contributed by atoms with Crippen LogP contribution in [0, 0.1) is 6.92 Å². The van der Waals surface area contributed by atoms with Crippen LogP contribution in [0.4, 0.5) is 5.82 Å². The minimum Gasteiger partial charge on any atom is -0.484 e. The van der Waals surface area contributed by atoms with Crippen molar-refractivity contribution in [3.05, 3.63) is 66.7 Å². The van der Waals surface area contributed by atoms with Crippen molar-refractivity contribution in [2.24, 2.45) is 0 Å². The molecule has 0 atom stereocenters. The van der Waals surface area contributed by atoms with Crippen LogP contribution in [-0.2, 0) is 4.79 Å². The van der Waals surface area contributed by atoms with E-state index < -0.39 is 0 Å². The number of benzene rings is 1. The fourth-order valence-electron chi connectivity index (χ4n) is 2.30. The molecule has 0 aliphatic rings. The topological polar surface area (TPSA) is 81.1 Å². The lowest BCUT2D eigenvalue weighted by atomic mass is 10.2. The summed E-state index contributed by atoms with van der Waals surface area (Å²) in [6.45, 7) is 3.02. The fraction of sp³-hybridized carbons (Fsp3) is 0.211. The lowest BCUT2D eigenvalue weighted by Gasteiger charge is -2.09. The summed E-state index contributed by atoms with van der Waals surface area (Å²) in [5, 5.41) is 5.96. The summed E-state index contributed by atoms with van der Waals surface area (Å²) in [5.41, 5.74) is 1.15. The molecule has 1 amide bonds. The molecule has 0 spiro atoms. The van der Waals surface area contributed by atoms with Crippen LogP contribution in [0.15, 0.2) is 61.2 Å². The van der Waals surface area contributed by atoms with Gasteiger partial charge in [0.05, 0.1) is 0 Å². The lowest BCUT2D eigenvalue weighted by Crippen LogP contribution is -2.32.